The van der Waals surface area contributed by atoms with Gasteiger partial charge >= 0.3 is 0 Å². The maximum Gasteiger partial charge on any atom is 0.0110 e. The molecule has 1 nitrogen and oxygen atoms in total. The van der Waals surface area contributed by atoms with E-state index in [0.29, 0.717) is 6.04 Å². The summed E-state index contributed by atoms with van der Waals surface area (Å²) in [5.41, 5.74) is 2.99. The summed E-state index contributed by atoms with van der Waals surface area (Å²) in [4.78, 5) is 0. The van der Waals surface area contributed by atoms with Crippen LogP contribution in [-0.2, 0) is 6.42 Å². The first-order valence-electron chi connectivity index (χ1n) is 9.04. The molecule has 1 aromatic rings. The Bertz CT molecular complexity index is 453. The van der Waals surface area contributed by atoms with Crippen molar-refractivity contribution >= 4 is 0 Å². The quantitative estimate of drug-likeness (QED) is 0.763. The van der Waals surface area contributed by atoms with Crippen molar-refractivity contribution in [1.82, 2.24) is 5.32 Å². The number of nitrogens with one attached hydrogen (secondary N) is 1. The van der Waals surface area contributed by atoms with Gasteiger partial charge in [-0.25, -0.2) is 0 Å². The lowest BCUT2D eigenvalue weighted by molar-refractivity contribution is 0.276. The third kappa shape index (κ3) is 3.69. The lowest BCUT2D eigenvalue weighted by Crippen LogP contribution is -2.35. The van der Waals surface area contributed by atoms with E-state index in [2.05, 4.69) is 43.4 Å². The molecule has 4 unspecified atom stereocenters. The van der Waals surface area contributed by atoms with E-state index in [9.17, 15) is 0 Å². The highest BCUT2D eigenvalue weighted by Gasteiger charge is 2.39. The minimum atomic E-state index is 0.676. The molecule has 0 radical (unpaired) electrons. The molecule has 21 heavy (non-hydrogen) atoms. The molecule has 1 heteroatoms. The second-order valence-corrected chi connectivity index (χ2v) is 7.45. The SMILES string of the molecule is CCCNC(Cc1ccccc1C)CC1CC2CCC1C2. The Kier molecular flexibility index (Phi) is 5.00. The van der Waals surface area contributed by atoms with E-state index >= 15 is 0 Å². The number of aryl methyl sites for hydroxylation is 1. The maximum atomic E-state index is 3.83. The normalized spacial score (nSPS) is 29.0. The second-order valence-electron chi connectivity index (χ2n) is 7.45. The summed E-state index contributed by atoms with van der Waals surface area (Å²) >= 11 is 0. The summed E-state index contributed by atoms with van der Waals surface area (Å²) in [7, 11) is 0. The van der Waals surface area contributed by atoms with Crippen molar-refractivity contribution in [3.63, 3.8) is 0 Å². The van der Waals surface area contributed by atoms with Crippen LogP contribution < -0.4 is 5.32 Å². The number of fused-ring (bicyclic) bond motifs is 2. The van der Waals surface area contributed by atoms with Gasteiger partial charge in [0.25, 0.3) is 0 Å². The molecule has 0 aromatic heterocycles. The molecule has 2 aliphatic rings. The van der Waals surface area contributed by atoms with Crippen LogP contribution in [0.25, 0.3) is 0 Å². The van der Waals surface area contributed by atoms with Crippen LogP contribution in [-0.4, -0.2) is 12.6 Å². The molecule has 2 saturated carbocycles. The Morgan fingerprint density at radius 2 is 2.05 bits per heavy atom. The van der Waals surface area contributed by atoms with Gasteiger partial charge in [0, 0.05) is 6.04 Å². The van der Waals surface area contributed by atoms with Gasteiger partial charge in [-0.05, 0) is 80.9 Å². The van der Waals surface area contributed by atoms with Crippen molar-refractivity contribution in [2.75, 3.05) is 6.54 Å². The lowest BCUT2D eigenvalue weighted by Gasteiger charge is -2.28. The summed E-state index contributed by atoms with van der Waals surface area (Å²) in [6.45, 7) is 5.69. The Morgan fingerprint density at radius 1 is 1.19 bits per heavy atom. The monoisotopic (exact) mass is 285 g/mol. The lowest BCUT2D eigenvalue weighted by atomic mass is 9.82. The Hall–Kier alpha value is -0.820. The van der Waals surface area contributed by atoms with Crippen LogP contribution in [0.1, 0.15) is 56.6 Å². The highest BCUT2D eigenvalue weighted by atomic mass is 14.9. The zero-order valence-corrected chi connectivity index (χ0v) is 13.8. The van der Waals surface area contributed by atoms with E-state index in [0.717, 1.165) is 24.3 Å². The van der Waals surface area contributed by atoms with Crippen molar-refractivity contribution < 1.29 is 0 Å². The second kappa shape index (κ2) is 6.96. The van der Waals surface area contributed by atoms with Crippen LogP contribution in [0.15, 0.2) is 24.3 Å². The average molecular weight is 285 g/mol. The van der Waals surface area contributed by atoms with Crippen molar-refractivity contribution in [2.45, 2.75) is 64.8 Å². The van der Waals surface area contributed by atoms with E-state index in [1.54, 1.807) is 0 Å². The van der Waals surface area contributed by atoms with Crippen LogP contribution in [0.4, 0.5) is 0 Å². The third-order valence-corrected chi connectivity index (χ3v) is 5.88. The van der Waals surface area contributed by atoms with Gasteiger partial charge in [-0.3, -0.25) is 0 Å². The summed E-state index contributed by atoms with van der Waals surface area (Å²) < 4.78 is 0. The molecule has 2 bridgehead atoms. The van der Waals surface area contributed by atoms with Gasteiger partial charge in [0.2, 0.25) is 0 Å². The fourth-order valence-electron chi connectivity index (χ4n) is 4.72. The molecule has 0 amide bonds. The Labute approximate surface area is 130 Å². The summed E-state index contributed by atoms with van der Waals surface area (Å²) in [5, 5.41) is 3.83. The van der Waals surface area contributed by atoms with Crippen molar-refractivity contribution in [3.8, 4) is 0 Å². The number of hydrogen-bond donors (Lipinski definition) is 1. The number of hydrogen-bond acceptors (Lipinski definition) is 1. The predicted molar refractivity (Wildman–Crippen MR) is 90.5 cm³/mol. The molecule has 4 atom stereocenters. The Morgan fingerprint density at radius 3 is 2.71 bits per heavy atom. The van der Waals surface area contributed by atoms with Gasteiger partial charge in [-0.2, -0.15) is 0 Å². The third-order valence-electron chi connectivity index (χ3n) is 5.88. The van der Waals surface area contributed by atoms with E-state index in [1.165, 1.54) is 56.1 Å². The highest BCUT2D eigenvalue weighted by molar-refractivity contribution is 5.26. The van der Waals surface area contributed by atoms with Crippen molar-refractivity contribution in [1.29, 1.82) is 0 Å². The van der Waals surface area contributed by atoms with Gasteiger partial charge in [0.15, 0.2) is 0 Å². The van der Waals surface area contributed by atoms with Gasteiger partial charge in [0.05, 0.1) is 0 Å². The van der Waals surface area contributed by atoms with Crippen molar-refractivity contribution in [2.24, 2.45) is 17.8 Å². The molecular weight excluding hydrogens is 254 g/mol. The zero-order valence-electron chi connectivity index (χ0n) is 13.8. The maximum absolute atomic E-state index is 3.83. The molecule has 0 aliphatic heterocycles. The molecule has 1 aromatic carbocycles. The average Bonchev–Trinajstić information content (AvgIpc) is 3.09. The van der Waals surface area contributed by atoms with E-state index < -0.39 is 0 Å². The standard InChI is InChI=1S/C20H31N/c1-3-10-21-20(13-17-7-5-4-6-15(17)2)14-19-12-16-8-9-18(19)11-16/h4-7,16,18-21H,3,8-14H2,1-2H3. The minimum absolute atomic E-state index is 0.676. The molecule has 0 heterocycles. The highest BCUT2D eigenvalue weighted by Crippen LogP contribution is 2.50. The first kappa shape index (κ1) is 15.1. The summed E-state index contributed by atoms with van der Waals surface area (Å²) in [5.74, 6) is 3.13. The number of rotatable bonds is 7. The molecule has 2 aliphatic carbocycles. The van der Waals surface area contributed by atoms with Crippen LogP contribution in [0.5, 0.6) is 0 Å². The van der Waals surface area contributed by atoms with Gasteiger partial charge in [-0.1, -0.05) is 37.6 Å². The van der Waals surface area contributed by atoms with Crippen molar-refractivity contribution in [3.05, 3.63) is 35.4 Å². The van der Waals surface area contributed by atoms with Crippen LogP contribution in [0.2, 0.25) is 0 Å². The molecule has 0 saturated heterocycles. The van der Waals surface area contributed by atoms with Crippen LogP contribution >= 0.6 is 0 Å². The zero-order chi connectivity index (χ0) is 14.7. The molecular formula is C20H31N. The van der Waals surface area contributed by atoms with Crippen LogP contribution in [0, 0.1) is 24.7 Å². The molecule has 116 valence electrons. The smallest absolute Gasteiger partial charge is 0.0110 e. The largest absolute Gasteiger partial charge is 0.314 e. The molecule has 0 spiro atoms. The van der Waals surface area contributed by atoms with Gasteiger partial charge in [0.1, 0.15) is 0 Å². The first-order chi connectivity index (χ1) is 10.3. The summed E-state index contributed by atoms with van der Waals surface area (Å²) in [6.07, 6.45) is 9.93. The molecule has 1 N–H and O–H groups in total. The fourth-order valence-corrected chi connectivity index (χ4v) is 4.72. The minimum Gasteiger partial charge on any atom is -0.314 e. The molecule has 2 fully saturated rings. The topological polar surface area (TPSA) is 12.0 Å². The van der Waals surface area contributed by atoms with Gasteiger partial charge < -0.3 is 5.32 Å². The van der Waals surface area contributed by atoms with Gasteiger partial charge in [-0.15, -0.1) is 0 Å². The summed E-state index contributed by atoms with van der Waals surface area (Å²) in [6, 6.07) is 9.59. The fraction of sp³-hybridized carbons (Fsp3) is 0.700. The Balaban J connectivity index is 1.62. The predicted octanol–water partition coefficient (Wildman–Crippen LogP) is 4.73. The van der Waals surface area contributed by atoms with Crippen LogP contribution in [0.3, 0.4) is 0 Å². The first-order valence-corrected chi connectivity index (χ1v) is 9.04. The van der Waals surface area contributed by atoms with E-state index in [-0.39, 0.29) is 0 Å². The van der Waals surface area contributed by atoms with E-state index in [4.69, 9.17) is 0 Å². The number of benzene rings is 1. The molecule has 3 rings (SSSR count). The van der Waals surface area contributed by atoms with E-state index in [1.807, 2.05) is 0 Å².